The first-order valence-electron chi connectivity index (χ1n) is 10.5. The number of rotatable bonds is 3. The van der Waals surface area contributed by atoms with Crippen molar-refractivity contribution in [3.63, 3.8) is 0 Å². The summed E-state index contributed by atoms with van der Waals surface area (Å²) in [7, 11) is 0. The SMILES string of the molecule is CC(C)(C)OC(=O)Nc1ccc(-c2ccccc2)cc1N.O=C(O)c1ccc2nccnc2c1. The molecule has 1 aromatic heterocycles. The number of carbonyl (C=O) groups is 2. The highest BCUT2D eigenvalue weighted by Gasteiger charge is 2.17. The van der Waals surface area contributed by atoms with Crippen molar-refractivity contribution in [2.24, 2.45) is 0 Å². The van der Waals surface area contributed by atoms with Crippen LogP contribution in [-0.4, -0.2) is 32.7 Å². The lowest BCUT2D eigenvalue weighted by Crippen LogP contribution is -2.27. The van der Waals surface area contributed by atoms with Crippen LogP contribution in [0.1, 0.15) is 31.1 Å². The first-order valence-corrected chi connectivity index (χ1v) is 10.5. The number of aromatic nitrogens is 2. The van der Waals surface area contributed by atoms with E-state index in [0.29, 0.717) is 22.4 Å². The van der Waals surface area contributed by atoms with Crippen LogP contribution in [0.15, 0.2) is 79.1 Å². The van der Waals surface area contributed by atoms with E-state index >= 15 is 0 Å². The summed E-state index contributed by atoms with van der Waals surface area (Å²) in [6.07, 6.45) is 2.60. The van der Waals surface area contributed by atoms with Gasteiger partial charge in [0.2, 0.25) is 0 Å². The normalized spacial score (nSPS) is 10.7. The minimum Gasteiger partial charge on any atom is -0.478 e. The fraction of sp³-hybridized carbons (Fsp3) is 0.154. The third-order valence-corrected chi connectivity index (χ3v) is 4.51. The summed E-state index contributed by atoms with van der Waals surface area (Å²) in [6.45, 7) is 5.44. The molecule has 34 heavy (non-hydrogen) atoms. The highest BCUT2D eigenvalue weighted by Crippen LogP contribution is 2.27. The Morgan fingerprint density at radius 2 is 1.56 bits per heavy atom. The Balaban J connectivity index is 0.000000212. The number of nitrogens with two attached hydrogens (primary N) is 1. The number of hydrogen-bond acceptors (Lipinski definition) is 6. The largest absolute Gasteiger partial charge is 0.478 e. The number of nitrogens with zero attached hydrogens (tertiary/aromatic N) is 2. The number of anilines is 2. The Hall–Kier alpha value is -4.46. The van der Waals surface area contributed by atoms with E-state index in [1.54, 1.807) is 18.3 Å². The molecule has 3 aromatic carbocycles. The van der Waals surface area contributed by atoms with Crippen LogP contribution in [-0.2, 0) is 4.74 Å². The smallest absolute Gasteiger partial charge is 0.412 e. The number of hydrogen-bond donors (Lipinski definition) is 3. The van der Waals surface area contributed by atoms with Gasteiger partial charge in [-0.15, -0.1) is 0 Å². The minimum atomic E-state index is -0.951. The molecule has 4 rings (SSSR count). The zero-order valence-electron chi connectivity index (χ0n) is 19.1. The van der Waals surface area contributed by atoms with Crippen LogP contribution in [0.5, 0.6) is 0 Å². The molecule has 4 aromatic rings. The van der Waals surface area contributed by atoms with Crippen LogP contribution < -0.4 is 11.1 Å². The maximum absolute atomic E-state index is 11.7. The number of carbonyl (C=O) groups excluding carboxylic acids is 1. The third-order valence-electron chi connectivity index (χ3n) is 4.51. The van der Waals surface area contributed by atoms with Gasteiger partial charge in [0.05, 0.1) is 28.0 Å². The average molecular weight is 459 g/mol. The van der Waals surface area contributed by atoms with Gasteiger partial charge in [0.25, 0.3) is 0 Å². The predicted octanol–water partition coefficient (Wildman–Crippen LogP) is 5.61. The van der Waals surface area contributed by atoms with Crippen LogP contribution in [0.25, 0.3) is 22.2 Å². The van der Waals surface area contributed by atoms with Crippen molar-refractivity contribution in [1.82, 2.24) is 9.97 Å². The van der Waals surface area contributed by atoms with Crippen LogP contribution in [0.4, 0.5) is 16.2 Å². The van der Waals surface area contributed by atoms with Gasteiger partial charge in [0.15, 0.2) is 0 Å². The fourth-order valence-electron chi connectivity index (χ4n) is 3.00. The molecule has 0 aliphatic heterocycles. The summed E-state index contributed by atoms with van der Waals surface area (Å²) >= 11 is 0. The summed E-state index contributed by atoms with van der Waals surface area (Å²) < 4.78 is 5.21. The summed E-state index contributed by atoms with van der Waals surface area (Å²) in [5.74, 6) is -0.951. The van der Waals surface area contributed by atoms with Gasteiger partial charge in [-0.05, 0) is 62.2 Å². The predicted molar refractivity (Wildman–Crippen MR) is 133 cm³/mol. The number of nitrogen functional groups attached to an aromatic ring is 1. The van der Waals surface area contributed by atoms with Gasteiger partial charge in [-0.2, -0.15) is 0 Å². The van der Waals surface area contributed by atoms with E-state index < -0.39 is 17.7 Å². The van der Waals surface area contributed by atoms with Gasteiger partial charge in [0, 0.05) is 12.4 Å². The Labute approximate surface area is 197 Å². The van der Waals surface area contributed by atoms with Crippen LogP contribution in [0, 0.1) is 0 Å². The van der Waals surface area contributed by atoms with E-state index in [2.05, 4.69) is 15.3 Å². The van der Waals surface area contributed by atoms with Crippen LogP contribution in [0.3, 0.4) is 0 Å². The average Bonchev–Trinajstić information content (AvgIpc) is 2.80. The second-order valence-electron chi connectivity index (χ2n) is 8.36. The molecule has 0 spiro atoms. The highest BCUT2D eigenvalue weighted by molar-refractivity contribution is 5.92. The molecule has 0 radical (unpaired) electrons. The Bertz CT molecular complexity index is 1300. The van der Waals surface area contributed by atoms with Gasteiger partial charge in [-0.3, -0.25) is 15.3 Å². The lowest BCUT2D eigenvalue weighted by molar-refractivity contribution is 0.0634. The Morgan fingerprint density at radius 3 is 2.18 bits per heavy atom. The minimum absolute atomic E-state index is 0.230. The van der Waals surface area contributed by atoms with Crippen molar-refractivity contribution < 1.29 is 19.4 Å². The number of aromatic carboxylic acids is 1. The second-order valence-corrected chi connectivity index (χ2v) is 8.36. The van der Waals surface area contributed by atoms with Crippen molar-refractivity contribution in [3.05, 3.63) is 84.7 Å². The molecule has 0 saturated carbocycles. The monoisotopic (exact) mass is 458 g/mol. The lowest BCUT2D eigenvalue weighted by atomic mass is 10.0. The first kappa shape index (κ1) is 24.2. The third kappa shape index (κ3) is 6.77. The number of amides is 1. The maximum Gasteiger partial charge on any atom is 0.412 e. The van der Waals surface area contributed by atoms with Gasteiger partial charge < -0.3 is 15.6 Å². The molecule has 8 nitrogen and oxygen atoms in total. The molecule has 0 aliphatic carbocycles. The zero-order chi connectivity index (χ0) is 24.7. The molecule has 8 heteroatoms. The Kier molecular flexibility index (Phi) is 7.43. The second kappa shape index (κ2) is 10.4. The highest BCUT2D eigenvalue weighted by atomic mass is 16.6. The molecule has 1 amide bonds. The molecule has 174 valence electrons. The molecule has 0 unspecified atom stereocenters. The maximum atomic E-state index is 11.7. The number of fused-ring (bicyclic) bond motifs is 1. The lowest BCUT2D eigenvalue weighted by Gasteiger charge is -2.20. The molecule has 1 heterocycles. The molecular formula is C26H26N4O4. The molecule has 0 saturated heterocycles. The topological polar surface area (TPSA) is 127 Å². The van der Waals surface area contributed by atoms with Gasteiger partial charge in [0.1, 0.15) is 5.60 Å². The first-order chi connectivity index (χ1) is 16.1. The van der Waals surface area contributed by atoms with E-state index in [1.807, 2.05) is 63.2 Å². The number of carboxylic acid groups (broad SMARTS) is 1. The van der Waals surface area contributed by atoms with Crippen molar-refractivity contribution in [1.29, 1.82) is 0 Å². The fourth-order valence-corrected chi connectivity index (χ4v) is 3.00. The number of carboxylic acids is 1. The van der Waals surface area contributed by atoms with Crippen molar-refractivity contribution in [3.8, 4) is 11.1 Å². The summed E-state index contributed by atoms with van der Waals surface area (Å²) in [6, 6.07) is 20.1. The van der Waals surface area contributed by atoms with Gasteiger partial charge in [-0.1, -0.05) is 36.4 Å². The van der Waals surface area contributed by atoms with Crippen LogP contribution in [0.2, 0.25) is 0 Å². The van der Waals surface area contributed by atoms with Crippen molar-refractivity contribution in [2.45, 2.75) is 26.4 Å². The number of nitrogens with one attached hydrogen (secondary N) is 1. The quantitative estimate of drug-likeness (QED) is 0.340. The van der Waals surface area contributed by atoms with Gasteiger partial charge >= 0.3 is 12.1 Å². The number of ether oxygens (including phenoxy) is 1. The molecular weight excluding hydrogens is 432 g/mol. The Morgan fingerprint density at radius 1 is 0.882 bits per heavy atom. The summed E-state index contributed by atoms with van der Waals surface area (Å²) in [4.78, 5) is 30.4. The molecule has 0 fully saturated rings. The standard InChI is InChI=1S/C17H20N2O2.C9H6N2O2/c1-17(2,3)21-16(20)19-15-10-9-13(11-14(15)18)12-7-5-4-6-8-12;12-9(13)6-1-2-7-8(5-6)11-4-3-10-7/h4-11H,18H2,1-3H3,(H,19,20);1-5H,(H,12,13). The zero-order valence-corrected chi connectivity index (χ0v) is 19.1. The van der Waals surface area contributed by atoms with Crippen molar-refractivity contribution in [2.75, 3.05) is 11.1 Å². The summed E-state index contributed by atoms with van der Waals surface area (Å²) in [5, 5.41) is 11.4. The molecule has 0 bridgehead atoms. The van der Waals surface area contributed by atoms with Gasteiger partial charge in [-0.25, -0.2) is 9.59 Å². The molecule has 4 N–H and O–H groups in total. The van der Waals surface area contributed by atoms with E-state index in [4.69, 9.17) is 15.6 Å². The van der Waals surface area contributed by atoms with E-state index in [1.165, 1.54) is 18.3 Å². The van der Waals surface area contributed by atoms with Crippen LogP contribution >= 0.6 is 0 Å². The van der Waals surface area contributed by atoms with E-state index in [0.717, 1.165) is 11.1 Å². The summed E-state index contributed by atoms with van der Waals surface area (Å²) in [5.41, 5.74) is 10.1. The number of benzene rings is 3. The van der Waals surface area contributed by atoms with E-state index in [-0.39, 0.29) is 5.56 Å². The molecule has 0 aliphatic rings. The molecule has 0 atom stereocenters. The van der Waals surface area contributed by atoms with Crippen molar-refractivity contribution >= 4 is 34.5 Å². The van der Waals surface area contributed by atoms with E-state index in [9.17, 15) is 9.59 Å².